The van der Waals surface area contributed by atoms with Gasteiger partial charge < -0.3 is 10.1 Å². The summed E-state index contributed by atoms with van der Waals surface area (Å²) in [5.41, 5.74) is -0.189. The number of fused-ring (bicyclic) bond motifs is 1. The fourth-order valence-electron chi connectivity index (χ4n) is 3.46. The quantitative estimate of drug-likeness (QED) is 0.724. The molecule has 0 bridgehead atoms. The van der Waals surface area contributed by atoms with Gasteiger partial charge in [0.25, 0.3) is 5.91 Å². The molecular formula is C19H27F3N4O4S. The van der Waals surface area contributed by atoms with E-state index in [4.69, 9.17) is 4.74 Å². The molecule has 0 unspecified atom stereocenters. The Kier molecular flexibility index (Phi) is 6.43. The number of piperidine rings is 1. The molecule has 8 nitrogen and oxygen atoms in total. The first-order valence-corrected chi connectivity index (χ1v) is 11.5. The maximum atomic E-state index is 13.2. The maximum absolute atomic E-state index is 13.2. The molecule has 12 heteroatoms. The van der Waals surface area contributed by atoms with E-state index in [1.807, 2.05) is 20.8 Å². The molecule has 1 saturated heterocycles. The van der Waals surface area contributed by atoms with E-state index < -0.39 is 33.7 Å². The number of hydrogen-bond acceptors (Lipinski definition) is 5. The van der Waals surface area contributed by atoms with Gasteiger partial charge in [-0.1, -0.05) is 6.92 Å². The van der Waals surface area contributed by atoms with Crippen LogP contribution in [-0.2, 0) is 10.2 Å². The number of pyridine rings is 1. The second kappa shape index (κ2) is 8.45. The van der Waals surface area contributed by atoms with Crippen molar-refractivity contribution in [1.82, 2.24) is 14.6 Å². The lowest BCUT2D eigenvalue weighted by molar-refractivity contribution is -0.182. The van der Waals surface area contributed by atoms with Crippen LogP contribution in [0.1, 0.15) is 50.4 Å². The number of amides is 1. The Balaban J connectivity index is 1.84. The topological polar surface area (TPSA) is 91.8 Å². The van der Waals surface area contributed by atoms with Crippen molar-refractivity contribution >= 4 is 21.8 Å². The van der Waals surface area contributed by atoms with Gasteiger partial charge in [-0.25, -0.2) is 9.29 Å². The Hall–Kier alpha value is -2.08. The number of carbonyl (C=O) groups excluding carboxylic acids is 1. The van der Waals surface area contributed by atoms with Crippen LogP contribution in [0.3, 0.4) is 0 Å². The number of nitrogens with one attached hydrogen (secondary N) is 1. The zero-order valence-electron chi connectivity index (χ0n) is 17.7. The lowest BCUT2D eigenvalue weighted by Crippen LogP contribution is -2.51. The van der Waals surface area contributed by atoms with E-state index in [-0.39, 0.29) is 56.2 Å². The standard InChI is InChI=1S/C19H27F3N4O4S/c1-4-18(2,3)24-16(27)13-11-15-17(23-12-13)30-10-9-26(15)31(28,29)25-7-5-14(6-8-25)19(20,21)22/h11-12,14H,4-10H2,1-3H3,(H,24,27). The number of alkyl halides is 3. The van der Waals surface area contributed by atoms with Crippen molar-refractivity contribution in [2.75, 3.05) is 30.5 Å². The minimum atomic E-state index is -4.33. The monoisotopic (exact) mass is 464 g/mol. The normalized spacial score (nSPS) is 19.0. The second-order valence-corrected chi connectivity index (χ2v) is 10.2. The molecule has 31 heavy (non-hydrogen) atoms. The minimum absolute atomic E-state index is 0.0261. The van der Waals surface area contributed by atoms with Crippen molar-refractivity contribution in [3.63, 3.8) is 0 Å². The van der Waals surface area contributed by atoms with E-state index in [0.717, 1.165) is 8.61 Å². The summed E-state index contributed by atoms with van der Waals surface area (Å²) < 4.78 is 72.8. The van der Waals surface area contributed by atoms with Crippen LogP contribution in [0.5, 0.6) is 5.88 Å². The molecule has 3 rings (SSSR count). The molecule has 3 heterocycles. The van der Waals surface area contributed by atoms with Gasteiger partial charge in [-0.3, -0.25) is 4.79 Å². The minimum Gasteiger partial charge on any atom is -0.474 e. The molecule has 2 aliphatic rings. The average molecular weight is 465 g/mol. The summed E-state index contributed by atoms with van der Waals surface area (Å²) in [5, 5.41) is 2.86. The van der Waals surface area contributed by atoms with Crippen LogP contribution in [0.4, 0.5) is 18.9 Å². The van der Waals surface area contributed by atoms with Gasteiger partial charge in [0, 0.05) is 24.8 Å². The second-order valence-electron chi connectivity index (χ2n) is 8.38. The van der Waals surface area contributed by atoms with Gasteiger partial charge in [0.15, 0.2) is 0 Å². The Morgan fingerprint density at radius 3 is 2.48 bits per heavy atom. The van der Waals surface area contributed by atoms with Crippen LogP contribution >= 0.6 is 0 Å². The zero-order valence-corrected chi connectivity index (χ0v) is 18.5. The van der Waals surface area contributed by atoms with Crippen LogP contribution in [0, 0.1) is 5.92 Å². The third-order valence-corrected chi connectivity index (χ3v) is 7.71. The number of hydrogen-bond donors (Lipinski definition) is 1. The van der Waals surface area contributed by atoms with E-state index in [0.29, 0.717) is 6.42 Å². The molecule has 1 fully saturated rings. The third-order valence-electron chi connectivity index (χ3n) is 5.75. The van der Waals surface area contributed by atoms with Gasteiger partial charge in [0.05, 0.1) is 18.0 Å². The summed E-state index contributed by atoms with van der Waals surface area (Å²) in [4.78, 5) is 16.7. The predicted octanol–water partition coefficient (Wildman–Crippen LogP) is 2.72. The molecule has 0 radical (unpaired) electrons. The van der Waals surface area contributed by atoms with Gasteiger partial charge in [-0.05, 0) is 39.2 Å². The summed E-state index contributed by atoms with van der Waals surface area (Å²) in [6.07, 6.45) is -2.90. The highest BCUT2D eigenvalue weighted by atomic mass is 32.2. The molecule has 0 atom stereocenters. The van der Waals surface area contributed by atoms with E-state index in [9.17, 15) is 26.4 Å². The van der Waals surface area contributed by atoms with Gasteiger partial charge in [0.1, 0.15) is 12.3 Å². The van der Waals surface area contributed by atoms with Gasteiger partial charge in [-0.2, -0.15) is 25.9 Å². The maximum Gasteiger partial charge on any atom is 0.391 e. The van der Waals surface area contributed by atoms with Crippen molar-refractivity contribution in [2.24, 2.45) is 5.92 Å². The molecule has 1 aromatic heterocycles. The van der Waals surface area contributed by atoms with Crippen molar-refractivity contribution in [1.29, 1.82) is 0 Å². The number of aromatic nitrogens is 1. The van der Waals surface area contributed by atoms with Crippen molar-refractivity contribution < 1.29 is 31.1 Å². The van der Waals surface area contributed by atoms with Crippen LogP contribution in [0.25, 0.3) is 0 Å². The van der Waals surface area contributed by atoms with Crippen molar-refractivity contribution in [2.45, 2.75) is 51.7 Å². The molecule has 0 aromatic carbocycles. The summed E-state index contributed by atoms with van der Waals surface area (Å²) in [5.74, 6) is -1.85. The molecule has 1 amide bonds. The largest absolute Gasteiger partial charge is 0.474 e. The molecule has 2 aliphatic heterocycles. The lowest BCUT2D eigenvalue weighted by Gasteiger charge is -2.37. The number of nitrogens with zero attached hydrogens (tertiary/aromatic N) is 3. The number of halogens is 3. The summed E-state index contributed by atoms with van der Waals surface area (Å²) in [6.45, 7) is 5.22. The number of carbonyl (C=O) groups is 1. The first kappa shape index (κ1) is 23.6. The fourth-order valence-corrected chi connectivity index (χ4v) is 5.10. The third kappa shape index (κ3) is 5.05. The lowest BCUT2D eigenvalue weighted by atomic mass is 9.98. The smallest absolute Gasteiger partial charge is 0.391 e. The number of anilines is 1. The van der Waals surface area contributed by atoms with E-state index >= 15 is 0 Å². The first-order chi connectivity index (χ1) is 14.3. The van der Waals surface area contributed by atoms with Crippen LogP contribution in [0.15, 0.2) is 12.3 Å². The van der Waals surface area contributed by atoms with Crippen LogP contribution in [0.2, 0.25) is 0 Å². The summed E-state index contributed by atoms with van der Waals surface area (Å²) in [7, 11) is -4.10. The highest BCUT2D eigenvalue weighted by Crippen LogP contribution is 2.37. The molecule has 174 valence electrons. The Morgan fingerprint density at radius 2 is 1.90 bits per heavy atom. The van der Waals surface area contributed by atoms with E-state index in [2.05, 4.69) is 10.3 Å². The Bertz CT molecular complexity index is 929. The summed E-state index contributed by atoms with van der Waals surface area (Å²) in [6, 6.07) is 1.39. The molecule has 1 aromatic rings. The highest BCUT2D eigenvalue weighted by Gasteiger charge is 2.44. The SMILES string of the molecule is CCC(C)(C)NC(=O)c1cnc2c(c1)N(S(=O)(=O)N1CCC(C(F)(F)F)CC1)CCO2. The van der Waals surface area contributed by atoms with Gasteiger partial charge in [-0.15, -0.1) is 0 Å². The predicted molar refractivity (Wildman–Crippen MR) is 108 cm³/mol. The molecule has 1 N–H and O–H groups in total. The van der Waals surface area contributed by atoms with Crippen LogP contribution < -0.4 is 14.4 Å². The van der Waals surface area contributed by atoms with Crippen LogP contribution in [-0.4, -0.2) is 61.6 Å². The van der Waals surface area contributed by atoms with E-state index in [1.54, 1.807) is 0 Å². The Morgan fingerprint density at radius 1 is 1.26 bits per heavy atom. The molecule has 0 aliphatic carbocycles. The zero-order chi connectivity index (χ0) is 23.0. The highest BCUT2D eigenvalue weighted by molar-refractivity contribution is 7.90. The van der Waals surface area contributed by atoms with Gasteiger partial charge in [0.2, 0.25) is 5.88 Å². The Labute approximate surface area is 179 Å². The number of ether oxygens (including phenoxy) is 1. The summed E-state index contributed by atoms with van der Waals surface area (Å²) >= 11 is 0. The molecule has 0 spiro atoms. The number of rotatable bonds is 5. The van der Waals surface area contributed by atoms with Gasteiger partial charge >= 0.3 is 16.4 Å². The molecule has 0 saturated carbocycles. The van der Waals surface area contributed by atoms with Crippen molar-refractivity contribution in [3.05, 3.63) is 17.8 Å². The van der Waals surface area contributed by atoms with Crippen molar-refractivity contribution in [3.8, 4) is 5.88 Å². The first-order valence-electron chi connectivity index (χ1n) is 10.1. The molecular weight excluding hydrogens is 437 g/mol. The fraction of sp³-hybridized carbons (Fsp3) is 0.684. The average Bonchev–Trinajstić information content (AvgIpc) is 2.72. The van der Waals surface area contributed by atoms with E-state index in [1.165, 1.54) is 12.3 Å².